The average molecular weight is 341 g/mol. The first kappa shape index (κ1) is 14.0. The number of carbonyl (C=O) groups excluding carboxylic acids is 1. The number of hydrogen-bond acceptors (Lipinski definition) is 3. The summed E-state index contributed by atoms with van der Waals surface area (Å²) >= 11 is 4.60. The molecule has 2 rings (SSSR count). The number of benzene rings is 1. The standard InChI is InChI=1S/C13H10BrFN2OS/c14-9-1-2-11(15)12(7-9)17-13(18)8-19-10-3-5-16-6-4-10/h1-7H,8H2,(H,17,18). The van der Waals surface area contributed by atoms with Crippen LogP contribution < -0.4 is 5.32 Å². The normalized spacial score (nSPS) is 10.2. The summed E-state index contributed by atoms with van der Waals surface area (Å²) in [7, 11) is 0. The van der Waals surface area contributed by atoms with Crippen LogP contribution in [0, 0.1) is 5.82 Å². The van der Waals surface area contributed by atoms with Crippen molar-refractivity contribution in [3.05, 3.63) is 53.0 Å². The molecule has 0 unspecified atom stereocenters. The highest BCUT2D eigenvalue weighted by Gasteiger charge is 2.08. The first-order valence-corrected chi connectivity index (χ1v) is 7.21. The molecule has 0 bridgehead atoms. The van der Waals surface area contributed by atoms with E-state index < -0.39 is 5.82 Å². The van der Waals surface area contributed by atoms with Gasteiger partial charge in [0, 0.05) is 21.8 Å². The van der Waals surface area contributed by atoms with E-state index in [9.17, 15) is 9.18 Å². The lowest BCUT2D eigenvalue weighted by Crippen LogP contribution is -2.15. The number of nitrogens with zero attached hydrogens (tertiary/aromatic N) is 1. The van der Waals surface area contributed by atoms with Crippen LogP contribution in [0.15, 0.2) is 52.1 Å². The van der Waals surface area contributed by atoms with E-state index in [4.69, 9.17) is 0 Å². The minimum Gasteiger partial charge on any atom is -0.323 e. The molecule has 2 aromatic rings. The molecule has 0 radical (unpaired) electrons. The molecule has 98 valence electrons. The Labute approximate surface area is 122 Å². The van der Waals surface area contributed by atoms with Gasteiger partial charge in [-0.05, 0) is 30.3 Å². The lowest BCUT2D eigenvalue weighted by Gasteiger charge is -2.06. The van der Waals surface area contributed by atoms with Crippen molar-refractivity contribution in [1.82, 2.24) is 4.98 Å². The summed E-state index contributed by atoms with van der Waals surface area (Å²) in [4.78, 5) is 16.6. The molecular formula is C13H10BrFN2OS. The monoisotopic (exact) mass is 340 g/mol. The maximum atomic E-state index is 13.4. The second-order valence-corrected chi connectivity index (χ2v) is 5.61. The predicted molar refractivity (Wildman–Crippen MR) is 77.7 cm³/mol. The van der Waals surface area contributed by atoms with Crippen LogP contribution in [0.1, 0.15) is 0 Å². The molecule has 0 aliphatic heterocycles. The van der Waals surface area contributed by atoms with Crippen LogP contribution >= 0.6 is 27.7 Å². The second kappa shape index (κ2) is 6.68. The van der Waals surface area contributed by atoms with Crippen LogP contribution in [0.3, 0.4) is 0 Å². The van der Waals surface area contributed by atoms with E-state index >= 15 is 0 Å². The number of aromatic nitrogens is 1. The SMILES string of the molecule is O=C(CSc1ccncc1)Nc1cc(Br)ccc1F. The molecular weight excluding hydrogens is 331 g/mol. The molecule has 1 amide bonds. The Kier molecular flexibility index (Phi) is 4.93. The second-order valence-electron chi connectivity index (χ2n) is 3.64. The fourth-order valence-electron chi connectivity index (χ4n) is 1.36. The fourth-order valence-corrected chi connectivity index (χ4v) is 2.41. The predicted octanol–water partition coefficient (Wildman–Crippen LogP) is 3.71. The van der Waals surface area contributed by atoms with Gasteiger partial charge in [-0.15, -0.1) is 11.8 Å². The van der Waals surface area contributed by atoms with Crippen molar-refractivity contribution in [3.8, 4) is 0 Å². The van der Waals surface area contributed by atoms with Gasteiger partial charge < -0.3 is 5.32 Å². The van der Waals surface area contributed by atoms with Crippen molar-refractivity contribution in [3.63, 3.8) is 0 Å². The Morgan fingerprint density at radius 1 is 1.32 bits per heavy atom. The Morgan fingerprint density at radius 3 is 2.79 bits per heavy atom. The van der Waals surface area contributed by atoms with Gasteiger partial charge >= 0.3 is 0 Å². The minimum absolute atomic E-state index is 0.176. The summed E-state index contributed by atoms with van der Waals surface area (Å²) in [6.07, 6.45) is 3.32. The van der Waals surface area contributed by atoms with E-state index in [1.54, 1.807) is 18.5 Å². The third-order valence-corrected chi connectivity index (χ3v) is 3.73. The highest BCUT2D eigenvalue weighted by atomic mass is 79.9. The largest absolute Gasteiger partial charge is 0.323 e. The van der Waals surface area contributed by atoms with Crippen LogP contribution in [0.4, 0.5) is 10.1 Å². The van der Waals surface area contributed by atoms with Crippen LogP contribution in [0.2, 0.25) is 0 Å². The molecule has 3 nitrogen and oxygen atoms in total. The molecule has 0 aliphatic rings. The number of rotatable bonds is 4. The van der Waals surface area contributed by atoms with Gasteiger partial charge in [0.15, 0.2) is 0 Å². The number of pyridine rings is 1. The Morgan fingerprint density at radius 2 is 2.05 bits per heavy atom. The molecule has 19 heavy (non-hydrogen) atoms. The van der Waals surface area contributed by atoms with Crippen LogP contribution in [-0.4, -0.2) is 16.6 Å². The van der Waals surface area contributed by atoms with E-state index in [1.165, 1.54) is 23.9 Å². The van der Waals surface area contributed by atoms with E-state index in [0.29, 0.717) is 4.47 Å². The molecule has 0 saturated heterocycles. The summed E-state index contributed by atoms with van der Waals surface area (Å²) in [6, 6.07) is 8.05. The molecule has 6 heteroatoms. The van der Waals surface area contributed by atoms with Crippen molar-refractivity contribution in [2.45, 2.75) is 4.90 Å². The van der Waals surface area contributed by atoms with Crippen molar-refractivity contribution < 1.29 is 9.18 Å². The topological polar surface area (TPSA) is 42.0 Å². The smallest absolute Gasteiger partial charge is 0.234 e. The number of halogens is 2. The van der Waals surface area contributed by atoms with Gasteiger partial charge in [0.25, 0.3) is 0 Å². The molecule has 1 N–H and O–H groups in total. The lowest BCUT2D eigenvalue weighted by atomic mass is 10.3. The van der Waals surface area contributed by atoms with Gasteiger partial charge in [-0.3, -0.25) is 9.78 Å². The molecule has 1 aromatic heterocycles. The molecule has 0 fully saturated rings. The van der Waals surface area contributed by atoms with Crippen LogP contribution in [0.25, 0.3) is 0 Å². The van der Waals surface area contributed by atoms with Gasteiger partial charge in [0.1, 0.15) is 5.82 Å². The average Bonchev–Trinajstić information content (AvgIpc) is 2.42. The van der Waals surface area contributed by atoms with Crippen LogP contribution in [-0.2, 0) is 4.79 Å². The minimum atomic E-state index is -0.453. The van der Waals surface area contributed by atoms with E-state index in [0.717, 1.165) is 4.90 Å². The molecule has 1 aromatic carbocycles. The van der Waals surface area contributed by atoms with Crippen LogP contribution in [0.5, 0.6) is 0 Å². The highest BCUT2D eigenvalue weighted by molar-refractivity contribution is 9.10. The zero-order valence-electron chi connectivity index (χ0n) is 9.77. The Bertz CT molecular complexity index is 580. The summed E-state index contributed by atoms with van der Waals surface area (Å²) in [6.45, 7) is 0. The molecule has 0 saturated carbocycles. The van der Waals surface area contributed by atoms with Gasteiger partial charge in [-0.1, -0.05) is 15.9 Å². The lowest BCUT2D eigenvalue weighted by molar-refractivity contribution is -0.113. The molecule has 1 heterocycles. The zero-order valence-corrected chi connectivity index (χ0v) is 12.2. The number of thioether (sulfide) groups is 1. The van der Waals surface area contributed by atoms with Gasteiger partial charge in [-0.2, -0.15) is 0 Å². The number of carbonyl (C=O) groups is 1. The summed E-state index contributed by atoms with van der Waals surface area (Å²) in [5.41, 5.74) is 0.176. The Hall–Kier alpha value is -1.40. The summed E-state index contributed by atoms with van der Waals surface area (Å²) < 4.78 is 14.2. The van der Waals surface area contributed by atoms with Gasteiger partial charge in [-0.25, -0.2) is 4.39 Å². The quantitative estimate of drug-likeness (QED) is 0.862. The molecule has 0 aliphatic carbocycles. The maximum absolute atomic E-state index is 13.4. The molecule has 0 spiro atoms. The number of hydrogen-bond donors (Lipinski definition) is 1. The van der Waals surface area contributed by atoms with Crippen molar-refractivity contribution in [1.29, 1.82) is 0 Å². The fraction of sp³-hybridized carbons (Fsp3) is 0.0769. The third kappa shape index (κ3) is 4.33. The zero-order chi connectivity index (χ0) is 13.7. The highest BCUT2D eigenvalue weighted by Crippen LogP contribution is 2.21. The molecule has 0 atom stereocenters. The van der Waals surface area contributed by atoms with Gasteiger partial charge in [0.2, 0.25) is 5.91 Å². The number of nitrogens with one attached hydrogen (secondary N) is 1. The van der Waals surface area contributed by atoms with Crippen molar-refractivity contribution in [2.24, 2.45) is 0 Å². The Balaban J connectivity index is 1.93. The van der Waals surface area contributed by atoms with E-state index in [-0.39, 0.29) is 17.3 Å². The van der Waals surface area contributed by atoms with Gasteiger partial charge in [0.05, 0.1) is 11.4 Å². The van der Waals surface area contributed by atoms with Crippen molar-refractivity contribution in [2.75, 3.05) is 11.1 Å². The van der Waals surface area contributed by atoms with E-state index in [1.807, 2.05) is 12.1 Å². The number of amides is 1. The third-order valence-electron chi connectivity index (χ3n) is 2.22. The summed E-state index contributed by atoms with van der Waals surface area (Å²) in [5.74, 6) is -0.486. The number of anilines is 1. The maximum Gasteiger partial charge on any atom is 0.234 e. The first-order chi connectivity index (χ1) is 9.15. The first-order valence-electron chi connectivity index (χ1n) is 5.43. The van der Waals surface area contributed by atoms with E-state index in [2.05, 4.69) is 26.2 Å². The summed E-state index contributed by atoms with van der Waals surface area (Å²) in [5, 5.41) is 2.54. The van der Waals surface area contributed by atoms with Crippen molar-refractivity contribution >= 4 is 39.3 Å².